The third kappa shape index (κ3) is 2.78. The molecule has 1 fully saturated rings. The van der Waals surface area contributed by atoms with Gasteiger partial charge in [0.1, 0.15) is 0 Å². The van der Waals surface area contributed by atoms with E-state index in [2.05, 4.69) is 5.16 Å². The summed E-state index contributed by atoms with van der Waals surface area (Å²) < 4.78 is 5.32. The average molecular weight is 325 g/mol. The summed E-state index contributed by atoms with van der Waals surface area (Å²) in [5.41, 5.74) is 1.23. The highest BCUT2D eigenvalue weighted by Crippen LogP contribution is 2.34. The lowest BCUT2D eigenvalue weighted by Crippen LogP contribution is -2.30. The zero-order valence-corrected chi connectivity index (χ0v) is 13.0. The molecule has 0 bridgehead atoms. The molecule has 1 saturated heterocycles. The number of rotatable bonds is 2. The maximum Gasteiger partial charge on any atom is 0.256 e. The largest absolute Gasteiger partial charge is 0.359 e. The number of halogens is 2. The van der Waals surface area contributed by atoms with E-state index in [1.54, 1.807) is 23.1 Å². The first kappa shape index (κ1) is 14.4. The summed E-state index contributed by atoms with van der Waals surface area (Å²) >= 11 is 12.1. The van der Waals surface area contributed by atoms with Gasteiger partial charge in [-0.2, -0.15) is 0 Å². The summed E-state index contributed by atoms with van der Waals surface area (Å²) in [6, 6.07) is 6.69. The summed E-state index contributed by atoms with van der Waals surface area (Å²) in [6.45, 7) is 2.54. The predicted molar refractivity (Wildman–Crippen MR) is 80.7 cm³/mol. The van der Waals surface area contributed by atoms with E-state index in [9.17, 15) is 4.79 Å². The summed E-state index contributed by atoms with van der Waals surface area (Å²) in [5.74, 6) is 0.593. The van der Waals surface area contributed by atoms with Crippen LogP contribution in [0.25, 0.3) is 0 Å². The van der Waals surface area contributed by atoms with Crippen LogP contribution in [0.4, 0.5) is 0 Å². The van der Waals surface area contributed by atoms with Gasteiger partial charge in [-0.3, -0.25) is 4.79 Å². The van der Waals surface area contributed by atoms with Gasteiger partial charge in [0.05, 0.1) is 22.3 Å². The second-order valence-corrected chi connectivity index (χ2v) is 6.00. The Kier molecular flexibility index (Phi) is 3.91. The molecule has 0 unspecified atom stereocenters. The highest BCUT2D eigenvalue weighted by molar-refractivity contribution is 6.35. The first-order valence-electron chi connectivity index (χ1n) is 6.75. The number of hydrogen-bond acceptors (Lipinski definition) is 3. The quantitative estimate of drug-likeness (QED) is 0.828. The van der Waals surface area contributed by atoms with Crippen LogP contribution in [0.1, 0.15) is 40.7 Å². The second kappa shape index (κ2) is 5.70. The van der Waals surface area contributed by atoms with Gasteiger partial charge in [-0.05, 0) is 38.0 Å². The third-order valence-electron chi connectivity index (χ3n) is 3.65. The number of aryl methyl sites for hydroxylation is 1. The van der Waals surface area contributed by atoms with Gasteiger partial charge in [-0.25, -0.2) is 0 Å². The van der Waals surface area contributed by atoms with E-state index in [-0.39, 0.29) is 11.9 Å². The van der Waals surface area contributed by atoms with Crippen molar-refractivity contribution in [2.45, 2.75) is 25.8 Å². The van der Waals surface area contributed by atoms with Crippen LogP contribution >= 0.6 is 23.2 Å². The van der Waals surface area contributed by atoms with Crippen LogP contribution < -0.4 is 0 Å². The van der Waals surface area contributed by atoms with E-state index in [1.165, 1.54) is 0 Å². The topological polar surface area (TPSA) is 46.3 Å². The molecule has 0 aliphatic carbocycles. The van der Waals surface area contributed by atoms with Crippen molar-refractivity contribution >= 4 is 29.1 Å². The molecule has 6 heteroatoms. The molecule has 21 heavy (non-hydrogen) atoms. The van der Waals surface area contributed by atoms with Crippen LogP contribution in [0.2, 0.25) is 10.0 Å². The van der Waals surface area contributed by atoms with Gasteiger partial charge in [0.25, 0.3) is 5.91 Å². The van der Waals surface area contributed by atoms with E-state index in [0.29, 0.717) is 22.2 Å². The smallest absolute Gasteiger partial charge is 0.256 e. The van der Waals surface area contributed by atoms with Crippen molar-refractivity contribution < 1.29 is 9.32 Å². The Morgan fingerprint density at radius 2 is 2.19 bits per heavy atom. The molecule has 4 nitrogen and oxygen atoms in total. The lowest BCUT2D eigenvalue weighted by molar-refractivity contribution is 0.0715. The van der Waals surface area contributed by atoms with Crippen LogP contribution in [0.5, 0.6) is 0 Å². The molecule has 2 heterocycles. The molecule has 0 N–H and O–H groups in total. The number of hydrogen-bond donors (Lipinski definition) is 0. The van der Waals surface area contributed by atoms with Crippen LogP contribution in [0.15, 0.2) is 28.8 Å². The van der Waals surface area contributed by atoms with Crippen LogP contribution in [0.3, 0.4) is 0 Å². The molecule has 1 amide bonds. The van der Waals surface area contributed by atoms with E-state index >= 15 is 0 Å². The predicted octanol–water partition coefficient (Wildman–Crippen LogP) is 4.27. The van der Waals surface area contributed by atoms with Crippen LogP contribution in [-0.4, -0.2) is 22.5 Å². The summed E-state index contributed by atoms with van der Waals surface area (Å²) in [6.07, 6.45) is 1.78. The Labute approximate surface area is 132 Å². The highest BCUT2D eigenvalue weighted by atomic mass is 35.5. The number of aromatic nitrogens is 1. The average Bonchev–Trinajstić information content (AvgIpc) is 3.09. The number of amides is 1. The van der Waals surface area contributed by atoms with Crippen molar-refractivity contribution in [2.24, 2.45) is 0 Å². The lowest BCUT2D eigenvalue weighted by Gasteiger charge is -2.23. The zero-order valence-electron chi connectivity index (χ0n) is 11.5. The minimum Gasteiger partial charge on any atom is -0.359 e. The van der Waals surface area contributed by atoms with Crippen molar-refractivity contribution in [1.29, 1.82) is 0 Å². The van der Waals surface area contributed by atoms with Crippen LogP contribution in [-0.2, 0) is 0 Å². The fourth-order valence-corrected chi connectivity index (χ4v) is 3.03. The van der Waals surface area contributed by atoms with Gasteiger partial charge in [0.2, 0.25) is 0 Å². The van der Waals surface area contributed by atoms with E-state index < -0.39 is 0 Å². The lowest BCUT2D eigenvalue weighted by atomic mass is 10.1. The molecule has 2 aromatic rings. The molecule has 0 spiro atoms. The van der Waals surface area contributed by atoms with Crippen molar-refractivity contribution in [1.82, 2.24) is 10.1 Å². The molecule has 0 saturated carbocycles. The molecular weight excluding hydrogens is 311 g/mol. The van der Waals surface area contributed by atoms with Gasteiger partial charge in [-0.1, -0.05) is 28.4 Å². The Morgan fingerprint density at radius 1 is 1.38 bits per heavy atom. The maximum absolute atomic E-state index is 12.7. The SMILES string of the molecule is Cc1cc([C@@H]2CCCN2C(=O)c2cc(Cl)ccc2Cl)on1. The molecule has 0 radical (unpaired) electrons. The Hall–Kier alpha value is -1.52. The molecule has 3 rings (SSSR count). The maximum atomic E-state index is 12.7. The standard InChI is InChI=1S/C15H14Cl2N2O2/c1-9-7-14(21-18-9)13-3-2-6-19(13)15(20)11-8-10(16)4-5-12(11)17/h4-5,7-8,13H,2-3,6H2,1H3/t13-/m0/s1. The molecule has 1 aromatic carbocycles. The number of carbonyl (C=O) groups is 1. The molecular formula is C15H14Cl2N2O2. The van der Waals surface area contributed by atoms with Crippen molar-refractivity contribution in [2.75, 3.05) is 6.54 Å². The van der Waals surface area contributed by atoms with E-state index in [1.807, 2.05) is 13.0 Å². The molecule has 1 aliphatic rings. The van der Waals surface area contributed by atoms with E-state index in [0.717, 1.165) is 24.3 Å². The normalized spacial score (nSPS) is 18.2. The molecule has 1 aliphatic heterocycles. The van der Waals surface area contributed by atoms with Gasteiger partial charge in [-0.15, -0.1) is 0 Å². The van der Waals surface area contributed by atoms with E-state index in [4.69, 9.17) is 27.7 Å². The number of likely N-dealkylation sites (tertiary alicyclic amines) is 1. The van der Waals surface area contributed by atoms with Crippen molar-refractivity contribution in [3.05, 3.63) is 51.3 Å². The van der Waals surface area contributed by atoms with Gasteiger partial charge in [0, 0.05) is 17.6 Å². The summed E-state index contributed by atoms with van der Waals surface area (Å²) in [4.78, 5) is 14.5. The minimum atomic E-state index is -0.126. The summed E-state index contributed by atoms with van der Waals surface area (Å²) in [7, 11) is 0. The molecule has 1 aromatic heterocycles. The number of carbonyl (C=O) groups excluding carboxylic acids is 1. The monoisotopic (exact) mass is 324 g/mol. The third-order valence-corrected chi connectivity index (χ3v) is 4.21. The minimum absolute atomic E-state index is 0.0891. The Bertz CT molecular complexity index is 684. The van der Waals surface area contributed by atoms with Gasteiger partial charge in [0.15, 0.2) is 5.76 Å². The first-order chi connectivity index (χ1) is 10.1. The molecule has 110 valence electrons. The van der Waals surface area contributed by atoms with Gasteiger partial charge >= 0.3 is 0 Å². The fraction of sp³-hybridized carbons (Fsp3) is 0.333. The molecule has 1 atom stereocenters. The second-order valence-electron chi connectivity index (χ2n) is 5.15. The first-order valence-corrected chi connectivity index (χ1v) is 7.51. The fourth-order valence-electron chi connectivity index (χ4n) is 2.66. The van der Waals surface area contributed by atoms with Crippen molar-refractivity contribution in [3.63, 3.8) is 0 Å². The summed E-state index contributed by atoms with van der Waals surface area (Å²) in [5, 5.41) is 4.80. The highest BCUT2D eigenvalue weighted by Gasteiger charge is 2.33. The Morgan fingerprint density at radius 3 is 2.90 bits per heavy atom. The Balaban J connectivity index is 1.91. The van der Waals surface area contributed by atoms with Gasteiger partial charge < -0.3 is 9.42 Å². The number of benzene rings is 1. The zero-order chi connectivity index (χ0) is 15.0. The number of nitrogens with zero attached hydrogens (tertiary/aromatic N) is 2. The van der Waals surface area contributed by atoms with Crippen LogP contribution in [0, 0.1) is 6.92 Å². The van der Waals surface area contributed by atoms with Crippen molar-refractivity contribution in [3.8, 4) is 0 Å².